The van der Waals surface area contributed by atoms with E-state index in [0.717, 1.165) is 18.5 Å². The number of nitrogens with two attached hydrogens (primary N) is 1. The Morgan fingerprint density at radius 1 is 1.14 bits per heavy atom. The van der Waals surface area contributed by atoms with Gasteiger partial charge in [0.1, 0.15) is 0 Å². The van der Waals surface area contributed by atoms with E-state index in [1.165, 1.54) is 56.6 Å². The van der Waals surface area contributed by atoms with Crippen molar-refractivity contribution in [2.75, 3.05) is 12.8 Å². The highest BCUT2D eigenvalue weighted by atomic mass is 16.2. The minimum Gasteiger partial charge on any atom is -0.399 e. The maximum atomic E-state index is 12.8. The fraction of sp³-hybridized carbons (Fsp3) is 0.652. The van der Waals surface area contributed by atoms with Crippen molar-refractivity contribution in [2.45, 2.75) is 78.2 Å². The van der Waals surface area contributed by atoms with Gasteiger partial charge in [-0.15, -0.1) is 0 Å². The van der Waals surface area contributed by atoms with Crippen LogP contribution in [0.25, 0.3) is 0 Å². The van der Waals surface area contributed by atoms with E-state index >= 15 is 0 Å². The van der Waals surface area contributed by atoms with Gasteiger partial charge in [0.2, 0.25) is 11.8 Å². The zero-order valence-corrected chi connectivity index (χ0v) is 17.9. The van der Waals surface area contributed by atoms with Gasteiger partial charge in [0, 0.05) is 25.6 Å². The fourth-order valence-electron chi connectivity index (χ4n) is 4.52. The Morgan fingerprint density at radius 2 is 1.71 bits per heavy atom. The number of nitrogen functional groups attached to an aromatic ring is 1. The van der Waals surface area contributed by atoms with Crippen LogP contribution in [0.15, 0.2) is 18.2 Å². The molecule has 4 N–H and O–H groups in total. The first-order chi connectivity index (χ1) is 13.3. The van der Waals surface area contributed by atoms with Crippen LogP contribution in [-0.4, -0.2) is 18.9 Å². The van der Waals surface area contributed by atoms with Crippen LogP contribution in [0.4, 0.5) is 5.69 Å². The Morgan fingerprint density at radius 3 is 2.25 bits per heavy atom. The van der Waals surface area contributed by atoms with E-state index < -0.39 is 0 Å². The highest BCUT2D eigenvalue weighted by Crippen LogP contribution is 2.48. The molecule has 0 radical (unpaired) electrons. The number of amides is 2. The smallest absolute Gasteiger partial charge is 0.223 e. The zero-order valence-electron chi connectivity index (χ0n) is 17.9. The normalized spacial score (nSPS) is 19.4. The van der Waals surface area contributed by atoms with Crippen LogP contribution in [0, 0.1) is 18.3 Å². The van der Waals surface area contributed by atoms with Crippen LogP contribution in [0.5, 0.6) is 0 Å². The highest BCUT2D eigenvalue weighted by Gasteiger charge is 2.40. The highest BCUT2D eigenvalue weighted by molar-refractivity contribution is 5.79. The molecule has 1 unspecified atom stereocenters. The molecule has 0 spiro atoms. The standard InChI is InChI=1S/C20H30N2O.C3H7NO/c1-14-9-10-16(21)13-17(14)18(20(2)11-5-6-12-20)22-19(23)15-7-3-4-8-15;1-3(5)4-2/h9-10,13,15,18H,3-8,11-12,21H2,1-2H3,(H,22,23);1-2H3,(H,4,5). The molecule has 156 valence electrons. The number of carbonyl (C=O) groups excluding carboxylic acids is 2. The average Bonchev–Trinajstić information content (AvgIpc) is 3.34. The zero-order chi connectivity index (χ0) is 20.7. The third kappa shape index (κ3) is 5.73. The van der Waals surface area contributed by atoms with Gasteiger partial charge in [-0.25, -0.2) is 0 Å². The maximum Gasteiger partial charge on any atom is 0.223 e. The van der Waals surface area contributed by atoms with Crippen LogP contribution in [-0.2, 0) is 9.59 Å². The summed E-state index contributed by atoms with van der Waals surface area (Å²) in [4.78, 5) is 22.5. The molecule has 2 saturated carbocycles. The lowest BCUT2D eigenvalue weighted by molar-refractivity contribution is -0.126. The van der Waals surface area contributed by atoms with Crippen molar-refractivity contribution in [3.8, 4) is 0 Å². The number of carbonyl (C=O) groups is 2. The second-order valence-corrected chi connectivity index (χ2v) is 8.71. The first-order valence-corrected chi connectivity index (χ1v) is 10.6. The van der Waals surface area contributed by atoms with E-state index in [9.17, 15) is 9.59 Å². The number of hydrogen-bond donors (Lipinski definition) is 3. The van der Waals surface area contributed by atoms with E-state index in [1.807, 2.05) is 6.07 Å². The minimum atomic E-state index is 0.00463. The van der Waals surface area contributed by atoms with Gasteiger partial charge in [0.15, 0.2) is 0 Å². The van der Waals surface area contributed by atoms with E-state index in [-0.39, 0.29) is 29.2 Å². The molecule has 2 fully saturated rings. The van der Waals surface area contributed by atoms with Crippen molar-refractivity contribution in [1.29, 1.82) is 0 Å². The molecule has 3 rings (SSSR count). The van der Waals surface area contributed by atoms with Gasteiger partial charge < -0.3 is 16.4 Å². The maximum absolute atomic E-state index is 12.8. The van der Waals surface area contributed by atoms with Gasteiger partial charge in [0.05, 0.1) is 6.04 Å². The predicted molar refractivity (Wildman–Crippen MR) is 115 cm³/mol. The van der Waals surface area contributed by atoms with Gasteiger partial charge in [-0.3, -0.25) is 9.59 Å². The Kier molecular flexibility index (Phi) is 7.90. The Hall–Kier alpha value is -2.04. The summed E-state index contributed by atoms with van der Waals surface area (Å²) < 4.78 is 0. The monoisotopic (exact) mass is 387 g/mol. The largest absolute Gasteiger partial charge is 0.399 e. The van der Waals surface area contributed by atoms with Gasteiger partial charge in [-0.2, -0.15) is 0 Å². The molecule has 5 nitrogen and oxygen atoms in total. The lowest BCUT2D eigenvalue weighted by Crippen LogP contribution is -2.41. The fourth-order valence-corrected chi connectivity index (χ4v) is 4.52. The van der Waals surface area contributed by atoms with Crippen molar-refractivity contribution >= 4 is 17.5 Å². The first-order valence-electron chi connectivity index (χ1n) is 10.6. The number of rotatable bonds is 4. The van der Waals surface area contributed by atoms with Crippen LogP contribution < -0.4 is 16.4 Å². The number of nitrogens with one attached hydrogen (secondary N) is 2. The number of benzene rings is 1. The van der Waals surface area contributed by atoms with Gasteiger partial charge in [-0.05, 0) is 61.3 Å². The molecule has 0 aromatic heterocycles. The summed E-state index contributed by atoms with van der Waals surface area (Å²) in [5.74, 6) is 0.469. The van der Waals surface area contributed by atoms with Crippen LogP contribution in [0.1, 0.15) is 82.4 Å². The van der Waals surface area contributed by atoms with Crippen molar-refractivity contribution in [2.24, 2.45) is 11.3 Å². The Bertz CT molecular complexity index is 674. The van der Waals surface area contributed by atoms with Crippen molar-refractivity contribution < 1.29 is 9.59 Å². The Balaban J connectivity index is 0.000000500. The molecule has 2 aliphatic carbocycles. The van der Waals surface area contributed by atoms with E-state index in [2.05, 4.69) is 36.6 Å². The summed E-state index contributed by atoms with van der Waals surface area (Å²) in [5.41, 5.74) is 9.41. The summed E-state index contributed by atoms with van der Waals surface area (Å²) in [7, 11) is 1.60. The molecule has 5 heteroatoms. The molecule has 2 amide bonds. The number of aryl methyl sites for hydroxylation is 1. The molecule has 0 bridgehead atoms. The van der Waals surface area contributed by atoms with Crippen molar-refractivity contribution in [3.05, 3.63) is 29.3 Å². The third-order valence-corrected chi connectivity index (χ3v) is 6.42. The molecule has 1 aromatic rings. The average molecular weight is 388 g/mol. The van der Waals surface area contributed by atoms with E-state index in [0.29, 0.717) is 0 Å². The second-order valence-electron chi connectivity index (χ2n) is 8.71. The molecule has 0 saturated heterocycles. The summed E-state index contributed by atoms with van der Waals surface area (Å²) in [6.45, 7) is 5.93. The number of hydrogen-bond acceptors (Lipinski definition) is 3. The van der Waals surface area contributed by atoms with Crippen LogP contribution in [0.2, 0.25) is 0 Å². The molecule has 1 aromatic carbocycles. The van der Waals surface area contributed by atoms with Crippen molar-refractivity contribution in [1.82, 2.24) is 10.6 Å². The van der Waals surface area contributed by atoms with Crippen LogP contribution >= 0.6 is 0 Å². The molecule has 0 aliphatic heterocycles. The topological polar surface area (TPSA) is 84.2 Å². The third-order valence-electron chi connectivity index (χ3n) is 6.42. The SMILES string of the molecule is CNC(C)=O.Cc1ccc(N)cc1C(NC(=O)C1CCCC1)C1(C)CCCC1. The van der Waals surface area contributed by atoms with Gasteiger partial charge in [0.25, 0.3) is 0 Å². The second kappa shape index (κ2) is 9.94. The van der Waals surface area contributed by atoms with E-state index in [1.54, 1.807) is 7.05 Å². The Labute approximate surface area is 169 Å². The summed E-state index contributed by atoms with van der Waals surface area (Å²) in [6, 6.07) is 6.18. The quantitative estimate of drug-likeness (QED) is 0.675. The molecule has 2 aliphatic rings. The van der Waals surface area contributed by atoms with Gasteiger partial charge in [-0.1, -0.05) is 38.7 Å². The van der Waals surface area contributed by atoms with Crippen LogP contribution in [0.3, 0.4) is 0 Å². The van der Waals surface area contributed by atoms with E-state index in [4.69, 9.17) is 5.73 Å². The molecule has 28 heavy (non-hydrogen) atoms. The summed E-state index contributed by atoms with van der Waals surface area (Å²) >= 11 is 0. The lowest BCUT2D eigenvalue weighted by Gasteiger charge is -2.37. The molecule has 0 heterocycles. The lowest BCUT2D eigenvalue weighted by atomic mass is 9.75. The van der Waals surface area contributed by atoms with Crippen molar-refractivity contribution in [3.63, 3.8) is 0 Å². The minimum absolute atomic E-state index is 0.00463. The first kappa shape index (κ1) is 22.3. The predicted octanol–water partition coefficient (Wildman–Crippen LogP) is 4.26. The summed E-state index contributed by atoms with van der Waals surface area (Å²) in [5, 5.41) is 5.82. The van der Waals surface area contributed by atoms with Gasteiger partial charge >= 0.3 is 0 Å². The number of anilines is 1. The summed E-state index contributed by atoms with van der Waals surface area (Å²) in [6.07, 6.45) is 9.35. The molecular formula is C23H37N3O2. The molecule has 1 atom stereocenters. The molecular weight excluding hydrogens is 350 g/mol.